The minimum absolute atomic E-state index is 0.651. The van der Waals surface area contributed by atoms with Gasteiger partial charge in [-0.15, -0.1) is 0 Å². The minimum Gasteiger partial charge on any atom is -0.361 e. The standard InChI is InChI=1S/C28H35N5/c1-32-11-7-19(8-12-32)25-17-30-28-16-22(3-5-23(25)28)31-21-4-6-27-24(15-21)26(18-29-27)20-9-13-33(2)14-10-20/h3-6,15-20,29-31H,7-14H2,1-2H3. The highest BCUT2D eigenvalue weighted by Gasteiger charge is 2.22. The van der Waals surface area contributed by atoms with Gasteiger partial charge in [0, 0.05) is 45.6 Å². The van der Waals surface area contributed by atoms with Crippen LogP contribution in [0.2, 0.25) is 0 Å². The van der Waals surface area contributed by atoms with Gasteiger partial charge < -0.3 is 25.1 Å². The highest BCUT2D eigenvalue weighted by Crippen LogP contribution is 2.36. The fraction of sp³-hybridized carbons (Fsp3) is 0.429. The number of rotatable bonds is 4. The summed E-state index contributed by atoms with van der Waals surface area (Å²) in [4.78, 5) is 11.9. The number of nitrogens with zero attached hydrogens (tertiary/aromatic N) is 2. The molecule has 172 valence electrons. The molecule has 0 saturated carbocycles. The lowest BCUT2D eigenvalue weighted by atomic mass is 9.89. The summed E-state index contributed by atoms with van der Waals surface area (Å²) >= 11 is 0. The average Bonchev–Trinajstić information content (AvgIpc) is 3.44. The second-order valence-electron chi connectivity index (χ2n) is 10.3. The third-order valence-electron chi connectivity index (χ3n) is 8.03. The average molecular weight is 442 g/mol. The van der Waals surface area contributed by atoms with Crippen molar-refractivity contribution in [1.82, 2.24) is 19.8 Å². The van der Waals surface area contributed by atoms with Crippen LogP contribution in [0.25, 0.3) is 21.8 Å². The van der Waals surface area contributed by atoms with Gasteiger partial charge in [-0.25, -0.2) is 0 Å². The molecule has 0 bridgehead atoms. The van der Waals surface area contributed by atoms with Crippen LogP contribution < -0.4 is 5.32 Å². The van der Waals surface area contributed by atoms with Gasteiger partial charge in [-0.3, -0.25) is 0 Å². The minimum atomic E-state index is 0.651. The largest absolute Gasteiger partial charge is 0.361 e. The van der Waals surface area contributed by atoms with Gasteiger partial charge in [0.15, 0.2) is 0 Å². The fourth-order valence-electron chi connectivity index (χ4n) is 5.93. The third kappa shape index (κ3) is 4.04. The van der Waals surface area contributed by atoms with Gasteiger partial charge in [0.1, 0.15) is 0 Å². The molecule has 0 aliphatic carbocycles. The van der Waals surface area contributed by atoms with Crippen molar-refractivity contribution in [2.75, 3.05) is 45.6 Å². The number of aromatic nitrogens is 2. The number of H-pyrrole nitrogens is 2. The molecule has 4 aromatic rings. The first kappa shape index (κ1) is 20.8. The van der Waals surface area contributed by atoms with E-state index in [0.29, 0.717) is 11.8 Å². The number of likely N-dealkylation sites (tertiary alicyclic amines) is 2. The summed E-state index contributed by atoms with van der Waals surface area (Å²) in [5, 5.41) is 6.40. The Kier molecular flexibility index (Phi) is 5.39. The Morgan fingerprint density at radius 1 is 0.667 bits per heavy atom. The molecule has 3 N–H and O–H groups in total. The Bertz CT molecular complexity index is 1250. The topological polar surface area (TPSA) is 50.1 Å². The molecule has 2 aliphatic heterocycles. The van der Waals surface area contributed by atoms with E-state index in [9.17, 15) is 0 Å². The second-order valence-corrected chi connectivity index (χ2v) is 10.3. The number of hydrogen-bond acceptors (Lipinski definition) is 3. The van der Waals surface area contributed by atoms with Crippen LogP contribution in [0.15, 0.2) is 48.8 Å². The number of aromatic amines is 2. The van der Waals surface area contributed by atoms with E-state index >= 15 is 0 Å². The second kappa shape index (κ2) is 8.54. The fourth-order valence-corrected chi connectivity index (χ4v) is 5.93. The molecule has 0 amide bonds. The maximum atomic E-state index is 3.66. The Morgan fingerprint density at radius 2 is 1.21 bits per heavy atom. The van der Waals surface area contributed by atoms with Crippen molar-refractivity contribution in [2.45, 2.75) is 37.5 Å². The Balaban J connectivity index is 1.24. The van der Waals surface area contributed by atoms with Crippen LogP contribution in [-0.2, 0) is 0 Å². The summed E-state index contributed by atoms with van der Waals surface area (Å²) in [6.07, 6.45) is 9.46. The molecule has 2 aromatic heterocycles. The normalized spacial score (nSPS) is 19.6. The number of nitrogens with one attached hydrogen (secondary N) is 3. The Labute approximate surface area is 196 Å². The molecule has 0 atom stereocenters. The van der Waals surface area contributed by atoms with E-state index in [0.717, 1.165) is 11.4 Å². The molecular weight excluding hydrogens is 406 g/mol. The van der Waals surface area contributed by atoms with Crippen molar-refractivity contribution < 1.29 is 0 Å². The maximum absolute atomic E-state index is 3.66. The molecule has 4 heterocycles. The van der Waals surface area contributed by atoms with Crippen LogP contribution in [0.1, 0.15) is 48.6 Å². The number of anilines is 2. The number of benzene rings is 2. The van der Waals surface area contributed by atoms with E-state index in [1.807, 2.05) is 0 Å². The van der Waals surface area contributed by atoms with E-state index < -0.39 is 0 Å². The van der Waals surface area contributed by atoms with Gasteiger partial charge in [-0.05, 0) is 119 Å². The van der Waals surface area contributed by atoms with Crippen molar-refractivity contribution in [3.63, 3.8) is 0 Å². The monoisotopic (exact) mass is 441 g/mol. The summed E-state index contributed by atoms with van der Waals surface area (Å²) in [5.74, 6) is 1.32. The molecule has 6 rings (SSSR count). The summed E-state index contributed by atoms with van der Waals surface area (Å²) < 4.78 is 0. The molecular formula is C28H35N5. The van der Waals surface area contributed by atoms with E-state index in [-0.39, 0.29) is 0 Å². The third-order valence-corrected chi connectivity index (χ3v) is 8.03. The van der Waals surface area contributed by atoms with E-state index in [1.54, 1.807) is 0 Å². The van der Waals surface area contributed by atoms with E-state index in [1.165, 1.54) is 84.8 Å². The predicted octanol–water partition coefficient (Wildman–Crippen LogP) is 6.01. The van der Waals surface area contributed by atoms with Crippen molar-refractivity contribution in [1.29, 1.82) is 0 Å². The zero-order chi connectivity index (χ0) is 22.4. The highest BCUT2D eigenvalue weighted by molar-refractivity contribution is 5.90. The Morgan fingerprint density at radius 3 is 1.88 bits per heavy atom. The first-order valence-electron chi connectivity index (χ1n) is 12.5. The lowest BCUT2D eigenvalue weighted by Crippen LogP contribution is -2.29. The predicted molar refractivity (Wildman–Crippen MR) is 139 cm³/mol. The molecule has 2 aliphatic rings. The summed E-state index contributed by atoms with van der Waals surface area (Å²) in [6, 6.07) is 13.5. The lowest BCUT2D eigenvalue weighted by Gasteiger charge is -2.28. The van der Waals surface area contributed by atoms with Gasteiger partial charge in [0.2, 0.25) is 0 Å². The number of fused-ring (bicyclic) bond motifs is 2. The van der Waals surface area contributed by atoms with Crippen LogP contribution >= 0.6 is 0 Å². The molecule has 0 spiro atoms. The van der Waals surface area contributed by atoms with Crippen molar-refractivity contribution in [3.05, 3.63) is 59.9 Å². The summed E-state index contributed by atoms with van der Waals surface area (Å²) in [7, 11) is 4.45. The zero-order valence-corrected chi connectivity index (χ0v) is 19.8. The smallest absolute Gasteiger partial charge is 0.0477 e. The molecule has 0 radical (unpaired) electrons. The molecule has 2 fully saturated rings. The molecule has 5 nitrogen and oxygen atoms in total. The van der Waals surface area contributed by atoms with Gasteiger partial charge in [-0.1, -0.05) is 6.07 Å². The lowest BCUT2D eigenvalue weighted by molar-refractivity contribution is 0.256. The van der Waals surface area contributed by atoms with Crippen molar-refractivity contribution in [2.24, 2.45) is 0 Å². The zero-order valence-electron chi connectivity index (χ0n) is 19.8. The summed E-state index contributed by atoms with van der Waals surface area (Å²) in [5.41, 5.74) is 7.71. The SMILES string of the molecule is CN1CCC(c2c[nH]c3cc(Nc4ccc5[nH]cc(C6CCN(C)CC6)c5c4)ccc23)CC1. The molecule has 5 heteroatoms. The first-order chi connectivity index (χ1) is 16.1. The number of hydrogen-bond donors (Lipinski definition) is 3. The molecule has 2 saturated heterocycles. The molecule has 2 aromatic carbocycles. The van der Waals surface area contributed by atoms with Crippen LogP contribution in [0.5, 0.6) is 0 Å². The summed E-state index contributed by atoms with van der Waals surface area (Å²) in [6.45, 7) is 4.76. The quantitative estimate of drug-likeness (QED) is 0.363. The molecule has 33 heavy (non-hydrogen) atoms. The van der Waals surface area contributed by atoms with Gasteiger partial charge in [0.25, 0.3) is 0 Å². The van der Waals surface area contributed by atoms with Crippen LogP contribution in [0.4, 0.5) is 11.4 Å². The van der Waals surface area contributed by atoms with Crippen molar-refractivity contribution in [3.8, 4) is 0 Å². The van der Waals surface area contributed by atoms with Crippen LogP contribution in [0.3, 0.4) is 0 Å². The Hall–Kier alpha value is -2.76. The van der Waals surface area contributed by atoms with Crippen LogP contribution in [0, 0.1) is 0 Å². The van der Waals surface area contributed by atoms with Gasteiger partial charge in [-0.2, -0.15) is 0 Å². The maximum Gasteiger partial charge on any atom is 0.0477 e. The van der Waals surface area contributed by atoms with Gasteiger partial charge >= 0.3 is 0 Å². The highest BCUT2D eigenvalue weighted by atomic mass is 15.1. The van der Waals surface area contributed by atoms with E-state index in [2.05, 4.69) is 88.0 Å². The van der Waals surface area contributed by atoms with Crippen LogP contribution in [-0.4, -0.2) is 60.0 Å². The molecule has 0 unspecified atom stereocenters. The number of piperidine rings is 2. The van der Waals surface area contributed by atoms with E-state index in [4.69, 9.17) is 0 Å². The van der Waals surface area contributed by atoms with Gasteiger partial charge in [0.05, 0.1) is 0 Å². The first-order valence-corrected chi connectivity index (χ1v) is 12.5. The van der Waals surface area contributed by atoms with Crippen molar-refractivity contribution >= 4 is 33.2 Å².